The van der Waals surface area contributed by atoms with Crippen molar-refractivity contribution in [2.75, 3.05) is 32.2 Å². The number of aromatic amines is 1. The van der Waals surface area contributed by atoms with E-state index in [0.717, 1.165) is 11.3 Å². The Morgan fingerprint density at radius 2 is 1.74 bits per heavy atom. The van der Waals surface area contributed by atoms with Gasteiger partial charge < -0.3 is 19.7 Å². The number of benzene rings is 2. The molecule has 2 aromatic carbocycles. The first-order valence-corrected chi connectivity index (χ1v) is 11.2. The van der Waals surface area contributed by atoms with Gasteiger partial charge in [-0.1, -0.05) is 13.8 Å². The molecule has 0 saturated heterocycles. The fraction of sp³-hybridized carbons (Fsp3) is 0.320. The quantitative estimate of drug-likeness (QED) is 0.356. The van der Waals surface area contributed by atoms with Gasteiger partial charge in [-0.25, -0.2) is 13.8 Å². The van der Waals surface area contributed by atoms with E-state index in [2.05, 4.69) is 20.5 Å². The predicted molar refractivity (Wildman–Crippen MR) is 131 cm³/mol. The summed E-state index contributed by atoms with van der Waals surface area (Å²) in [5.41, 5.74) is 3.86. The lowest BCUT2D eigenvalue weighted by atomic mass is 10.1. The SMILES string of the molecule is COc1cc(OC)c(F)c(N(CCNC(C)C)c2ccc3ncc(-c4cn[nH]c4C)nc3c2)c1F. The van der Waals surface area contributed by atoms with Crippen LogP contribution in [0, 0.1) is 18.6 Å². The fourth-order valence-corrected chi connectivity index (χ4v) is 3.85. The first kappa shape index (κ1) is 24.3. The molecule has 4 aromatic rings. The van der Waals surface area contributed by atoms with E-state index in [1.165, 1.54) is 20.3 Å². The van der Waals surface area contributed by atoms with E-state index >= 15 is 8.78 Å². The molecule has 184 valence electrons. The molecule has 35 heavy (non-hydrogen) atoms. The highest BCUT2D eigenvalue weighted by Crippen LogP contribution is 2.40. The van der Waals surface area contributed by atoms with Gasteiger partial charge in [0, 0.05) is 42.1 Å². The van der Waals surface area contributed by atoms with Crippen molar-refractivity contribution in [1.82, 2.24) is 25.5 Å². The van der Waals surface area contributed by atoms with Crippen LogP contribution in [0.25, 0.3) is 22.3 Å². The van der Waals surface area contributed by atoms with Crippen molar-refractivity contribution >= 4 is 22.4 Å². The number of hydrogen-bond acceptors (Lipinski definition) is 7. The third-order valence-electron chi connectivity index (χ3n) is 5.65. The third kappa shape index (κ3) is 4.88. The van der Waals surface area contributed by atoms with Gasteiger partial charge in [-0.05, 0) is 25.1 Å². The number of hydrogen-bond donors (Lipinski definition) is 2. The van der Waals surface area contributed by atoms with Crippen LogP contribution in [0.5, 0.6) is 11.5 Å². The highest BCUT2D eigenvalue weighted by Gasteiger charge is 2.26. The van der Waals surface area contributed by atoms with E-state index in [-0.39, 0.29) is 29.8 Å². The van der Waals surface area contributed by atoms with E-state index in [4.69, 9.17) is 14.5 Å². The predicted octanol–water partition coefficient (Wildman–Crippen LogP) is 4.76. The number of fused-ring (bicyclic) bond motifs is 1. The normalized spacial score (nSPS) is 11.3. The number of nitrogens with zero attached hydrogens (tertiary/aromatic N) is 4. The maximum atomic E-state index is 15.5. The smallest absolute Gasteiger partial charge is 0.191 e. The van der Waals surface area contributed by atoms with E-state index in [1.807, 2.05) is 20.8 Å². The molecule has 0 spiro atoms. The van der Waals surface area contributed by atoms with Crippen molar-refractivity contribution in [3.8, 4) is 22.8 Å². The summed E-state index contributed by atoms with van der Waals surface area (Å²) in [6.45, 7) is 6.67. The van der Waals surface area contributed by atoms with Gasteiger partial charge >= 0.3 is 0 Å². The maximum Gasteiger partial charge on any atom is 0.191 e. The Morgan fingerprint density at radius 1 is 1.03 bits per heavy atom. The molecule has 0 fully saturated rings. The van der Waals surface area contributed by atoms with Gasteiger partial charge in [0.2, 0.25) is 0 Å². The summed E-state index contributed by atoms with van der Waals surface area (Å²) in [5.74, 6) is -1.86. The van der Waals surface area contributed by atoms with Crippen LogP contribution in [-0.4, -0.2) is 53.5 Å². The fourth-order valence-electron chi connectivity index (χ4n) is 3.85. The molecule has 0 atom stereocenters. The lowest BCUT2D eigenvalue weighted by Crippen LogP contribution is -2.33. The van der Waals surface area contributed by atoms with Crippen molar-refractivity contribution < 1.29 is 18.3 Å². The molecule has 0 aliphatic heterocycles. The second kappa shape index (κ2) is 10.2. The van der Waals surface area contributed by atoms with Crippen LogP contribution in [0.2, 0.25) is 0 Å². The Labute approximate surface area is 202 Å². The number of rotatable bonds is 9. The van der Waals surface area contributed by atoms with Gasteiger partial charge in [-0.15, -0.1) is 0 Å². The Hall–Kier alpha value is -3.79. The van der Waals surface area contributed by atoms with Crippen LogP contribution in [0.4, 0.5) is 20.2 Å². The van der Waals surface area contributed by atoms with Gasteiger partial charge in [-0.3, -0.25) is 10.1 Å². The molecule has 0 radical (unpaired) electrons. The van der Waals surface area contributed by atoms with Crippen LogP contribution < -0.4 is 19.7 Å². The number of ether oxygens (including phenoxy) is 2. The molecule has 4 rings (SSSR count). The number of methoxy groups -OCH3 is 2. The maximum absolute atomic E-state index is 15.5. The van der Waals surface area contributed by atoms with Crippen LogP contribution >= 0.6 is 0 Å². The minimum Gasteiger partial charge on any atom is -0.493 e. The Morgan fingerprint density at radius 3 is 2.34 bits per heavy atom. The lowest BCUT2D eigenvalue weighted by Gasteiger charge is -2.28. The van der Waals surface area contributed by atoms with Crippen LogP contribution in [0.1, 0.15) is 19.5 Å². The highest BCUT2D eigenvalue weighted by atomic mass is 19.1. The molecule has 0 unspecified atom stereocenters. The average molecular weight is 483 g/mol. The number of H-pyrrole nitrogens is 1. The minimum atomic E-state index is -0.815. The summed E-state index contributed by atoms with van der Waals surface area (Å²) < 4.78 is 41.2. The molecule has 0 aliphatic carbocycles. The minimum absolute atomic E-state index is 0.113. The number of halogens is 2. The molecular formula is C25H28F2N6O2. The first-order chi connectivity index (χ1) is 16.8. The highest BCUT2D eigenvalue weighted by molar-refractivity contribution is 5.83. The zero-order chi connectivity index (χ0) is 25.1. The van der Waals surface area contributed by atoms with Crippen molar-refractivity contribution in [2.24, 2.45) is 0 Å². The topological polar surface area (TPSA) is 88.2 Å². The molecule has 2 aromatic heterocycles. The summed E-state index contributed by atoms with van der Waals surface area (Å²) in [6.07, 6.45) is 3.36. The summed E-state index contributed by atoms with van der Waals surface area (Å²) in [6, 6.07) is 6.71. The van der Waals surface area contributed by atoms with Crippen LogP contribution in [-0.2, 0) is 0 Å². The molecule has 2 N–H and O–H groups in total. The molecule has 0 aliphatic rings. The molecule has 8 nitrogen and oxygen atoms in total. The largest absolute Gasteiger partial charge is 0.493 e. The third-order valence-corrected chi connectivity index (χ3v) is 5.65. The molecule has 10 heteroatoms. The second-order valence-corrected chi connectivity index (χ2v) is 8.36. The zero-order valence-corrected chi connectivity index (χ0v) is 20.3. The Kier molecular flexibility index (Phi) is 7.11. The van der Waals surface area contributed by atoms with Gasteiger partial charge in [0.15, 0.2) is 23.1 Å². The standard InChI is InChI=1S/C25H28F2N6O2/c1-14(2)28-8-9-33(25-23(26)21(34-4)11-22(35-5)24(25)27)16-6-7-18-19(10-16)31-20(13-29-18)17-12-30-32-15(17)3/h6-7,10-14,28H,8-9H2,1-5H3,(H,30,32). The summed E-state index contributed by atoms with van der Waals surface area (Å²) in [5, 5.41) is 10.2. The number of aryl methyl sites for hydroxylation is 1. The van der Waals surface area contributed by atoms with E-state index in [0.29, 0.717) is 29.0 Å². The van der Waals surface area contributed by atoms with Crippen molar-refractivity contribution in [3.63, 3.8) is 0 Å². The number of aromatic nitrogens is 4. The van der Waals surface area contributed by atoms with Crippen LogP contribution in [0.15, 0.2) is 36.7 Å². The Balaban J connectivity index is 1.85. The van der Waals surface area contributed by atoms with Gasteiger partial charge in [-0.2, -0.15) is 5.10 Å². The van der Waals surface area contributed by atoms with E-state index in [9.17, 15) is 0 Å². The van der Waals surface area contributed by atoms with Gasteiger partial charge in [0.1, 0.15) is 5.69 Å². The van der Waals surface area contributed by atoms with Crippen molar-refractivity contribution in [3.05, 3.63) is 54.0 Å². The Bertz CT molecular complexity index is 1310. The number of anilines is 2. The summed E-state index contributed by atoms with van der Waals surface area (Å²) >= 11 is 0. The average Bonchev–Trinajstić information content (AvgIpc) is 3.28. The molecule has 0 saturated carbocycles. The summed E-state index contributed by atoms with van der Waals surface area (Å²) in [7, 11) is 2.66. The van der Waals surface area contributed by atoms with Crippen molar-refractivity contribution in [1.29, 1.82) is 0 Å². The van der Waals surface area contributed by atoms with Gasteiger partial charge in [0.25, 0.3) is 0 Å². The van der Waals surface area contributed by atoms with E-state index in [1.54, 1.807) is 35.5 Å². The molecule has 0 bridgehead atoms. The zero-order valence-electron chi connectivity index (χ0n) is 20.3. The monoisotopic (exact) mass is 482 g/mol. The molecular weight excluding hydrogens is 454 g/mol. The second-order valence-electron chi connectivity index (χ2n) is 8.36. The lowest BCUT2D eigenvalue weighted by molar-refractivity contribution is 0.359. The van der Waals surface area contributed by atoms with Crippen molar-refractivity contribution in [2.45, 2.75) is 26.8 Å². The summed E-state index contributed by atoms with van der Waals surface area (Å²) in [4.78, 5) is 10.8. The number of nitrogens with one attached hydrogen (secondary N) is 2. The van der Waals surface area contributed by atoms with Crippen LogP contribution in [0.3, 0.4) is 0 Å². The van der Waals surface area contributed by atoms with Gasteiger partial charge in [0.05, 0.1) is 43.3 Å². The van der Waals surface area contributed by atoms with E-state index < -0.39 is 11.6 Å². The molecule has 0 amide bonds. The first-order valence-electron chi connectivity index (χ1n) is 11.2. The molecule has 2 heterocycles.